The SMILES string of the molecule is CC(C)Cc1nc(CN(C)C(=O)c2cnc(-c3ccccc3)[nH]c2=O)no1. The average molecular weight is 367 g/mol. The monoisotopic (exact) mass is 367 g/mol. The molecule has 8 heteroatoms. The van der Waals surface area contributed by atoms with Gasteiger partial charge in [0.05, 0.1) is 6.54 Å². The Kier molecular flexibility index (Phi) is 5.44. The summed E-state index contributed by atoms with van der Waals surface area (Å²) in [6.45, 7) is 4.25. The van der Waals surface area contributed by atoms with E-state index >= 15 is 0 Å². The first kappa shape index (κ1) is 18.5. The predicted molar refractivity (Wildman–Crippen MR) is 98.9 cm³/mol. The van der Waals surface area contributed by atoms with E-state index in [1.807, 2.05) is 30.3 Å². The minimum absolute atomic E-state index is 0.0388. The lowest BCUT2D eigenvalue weighted by Gasteiger charge is -2.14. The second kappa shape index (κ2) is 7.94. The van der Waals surface area contributed by atoms with Gasteiger partial charge in [0, 0.05) is 25.2 Å². The van der Waals surface area contributed by atoms with E-state index in [9.17, 15) is 9.59 Å². The maximum absolute atomic E-state index is 12.6. The number of nitrogens with one attached hydrogen (secondary N) is 1. The predicted octanol–water partition coefficient (Wildman–Crippen LogP) is 2.29. The minimum atomic E-state index is -0.491. The van der Waals surface area contributed by atoms with Gasteiger partial charge in [0.25, 0.3) is 11.5 Å². The van der Waals surface area contributed by atoms with Crippen molar-refractivity contribution in [1.82, 2.24) is 25.0 Å². The molecule has 0 saturated carbocycles. The lowest BCUT2D eigenvalue weighted by Crippen LogP contribution is -2.32. The molecule has 1 aromatic carbocycles. The number of aromatic amines is 1. The van der Waals surface area contributed by atoms with Crippen molar-refractivity contribution in [3.8, 4) is 11.4 Å². The topological polar surface area (TPSA) is 105 Å². The lowest BCUT2D eigenvalue weighted by molar-refractivity contribution is 0.0778. The Hall–Kier alpha value is -3.29. The van der Waals surface area contributed by atoms with Crippen molar-refractivity contribution in [3.63, 3.8) is 0 Å². The zero-order valence-corrected chi connectivity index (χ0v) is 15.5. The quantitative estimate of drug-likeness (QED) is 0.717. The van der Waals surface area contributed by atoms with Gasteiger partial charge in [-0.15, -0.1) is 0 Å². The number of carbonyl (C=O) groups excluding carboxylic acids is 1. The van der Waals surface area contributed by atoms with Gasteiger partial charge in [-0.25, -0.2) is 4.98 Å². The first-order valence-electron chi connectivity index (χ1n) is 8.65. The number of nitrogens with zero attached hydrogens (tertiary/aromatic N) is 4. The van der Waals surface area contributed by atoms with Crippen LogP contribution in [0.5, 0.6) is 0 Å². The molecular weight excluding hydrogens is 346 g/mol. The number of H-pyrrole nitrogens is 1. The van der Waals surface area contributed by atoms with E-state index in [4.69, 9.17) is 4.52 Å². The highest BCUT2D eigenvalue weighted by Gasteiger charge is 2.19. The summed E-state index contributed by atoms with van der Waals surface area (Å²) in [4.78, 5) is 37.4. The molecule has 3 aromatic rings. The second-order valence-corrected chi connectivity index (χ2v) is 6.70. The van der Waals surface area contributed by atoms with Crippen molar-refractivity contribution in [2.75, 3.05) is 7.05 Å². The number of amides is 1. The summed E-state index contributed by atoms with van der Waals surface area (Å²) in [7, 11) is 1.57. The van der Waals surface area contributed by atoms with Gasteiger partial charge in [0.1, 0.15) is 11.4 Å². The Morgan fingerprint density at radius 3 is 2.67 bits per heavy atom. The van der Waals surface area contributed by atoms with Crippen LogP contribution >= 0.6 is 0 Å². The van der Waals surface area contributed by atoms with E-state index in [-0.39, 0.29) is 12.1 Å². The summed E-state index contributed by atoms with van der Waals surface area (Å²) in [6.07, 6.45) is 1.97. The molecule has 8 nitrogen and oxygen atoms in total. The first-order chi connectivity index (χ1) is 12.9. The molecule has 2 heterocycles. The molecule has 2 aromatic heterocycles. The van der Waals surface area contributed by atoms with E-state index in [0.717, 1.165) is 5.56 Å². The average Bonchev–Trinajstić information content (AvgIpc) is 3.07. The summed E-state index contributed by atoms with van der Waals surface area (Å²) >= 11 is 0. The van der Waals surface area contributed by atoms with Gasteiger partial charge in [-0.05, 0) is 5.92 Å². The van der Waals surface area contributed by atoms with Crippen molar-refractivity contribution in [2.45, 2.75) is 26.8 Å². The molecule has 0 aliphatic heterocycles. The Morgan fingerprint density at radius 1 is 1.26 bits per heavy atom. The van der Waals surface area contributed by atoms with E-state index in [0.29, 0.717) is 29.9 Å². The molecule has 140 valence electrons. The molecule has 0 spiro atoms. The van der Waals surface area contributed by atoms with E-state index < -0.39 is 11.5 Å². The number of hydrogen-bond donors (Lipinski definition) is 1. The second-order valence-electron chi connectivity index (χ2n) is 6.70. The first-order valence-corrected chi connectivity index (χ1v) is 8.65. The smallest absolute Gasteiger partial charge is 0.264 e. The molecule has 0 aliphatic carbocycles. The summed E-state index contributed by atoms with van der Waals surface area (Å²) in [6, 6.07) is 9.23. The summed E-state index contributed by atoms with van der Waals surface area (Å²) in [5.74, 6) is 1.28. The fourth-order valence-electron chi connectivity index (χ4n) is 2.57. The normalized spacial score (nSPS) is 11.0. The van der Waals surface area contributed by atoms with Crippen LogP contribution < -0.4 is 5.56 Å². The van der Waals surface area contributed by atoms with Crippen LogP contribution in [-0.4, -0.2) is 38.0 Å². The van der Waals surface area contributed by atoms with Gasteiger partial charge in [-0.2, -0.15) is 4.98 Å². The highest BCUT2D eigenvalue weighted by atomic mass is 16.5. The highest BCUT2D eigenvalue weighted by molar-refractivity contribution is 5.93. The van der Waals surface area contributed by atoms with Crippen LogP contribution in [0.4, 0.5) is 0 Å². The van der Waals surface area contributed by atoms with Crippen LogP contribution in [0.3, 0.4) is 0 Å². The number of rotatable bonds is 6. The molecule has 0 radical (unpaired) electrons. The largest absolute Gasteiger partial charge is 0.339 e. The van der Waals surface area contributed by atoms with Gasteiger partial charge in [-0.1, -0.05) is 49.3 Å². The number of benzene rings is 1. The zero-order chi connectivity index (χ0) is 19.4. The Balaban J connectivity index is 1.73. The molecule has 1 N–H and O–H groups in total. The molecule has 0 saturated heterocycles. The van der Waals surface area contributed by atoms with Crippen LogP contribution in [0.25, 0.3) is 11.4 Å². The summed E-state index contributed by atoms with van der Waals surface area (Å²) < 4.78 is 5.17. The van der Waals surface area contributed by atoms with Crippen LogP contribution in [0.1, 0.15) is 35.9 Å². The van der Waals surface area contributed by atoms with Crippen molar-refractivity contribution >= 4 is 5.91 Å². The van der Waals surface area contributed by atoms with Crippen molar-refractivity contribution in [2.24, 2.45) is 5.92 Å². The van der Waals surface area contributed by atoms with Crippen LogP contribution in [0.2, 0.25) is 0 Å². The van der Waals surface area contributed by atoms with Gasteiger partial charge in [-0.3, -0.25) is 9.59 Å². The van der Waals surface area contributed by atoms with Gasteiger partial charge < -0.3 is 14.4 Å². The number of aromatic nitrogens is 4. The van der Waals surface area contributed by atoms with Crippen molar-refractivity contribution in [3.05, 3.63) is 64.2 Å². The van der Waals surface area contributed by atoms with Crippen molar-refractivity contribution in [1.29, 1.82) is 0 Å². The van der Waals surface area contributed by atoms with Gasteiger partial charge in [0.15, 0.2) is 5.82 Å². The molecule has 0 unspecified atom stereocenters. The molecule has 0 atom stereocenters. The molecule has 1 amide bonds. The van der Waals surface area contributed by atoms with E-state index in [2.05, 4.69) is 34.0 Å². The molecule has 0 fully saturated rings. The summed E-state index contributed by atoms with van der Waals surface area (Å²) in [5, 5.41) is 3.88. The molecule has 0 aliphatic rings. The molecular formula is C19H21N5O3. The maximum Gasteiger partial charge on any atom is 0.264 e. The fourth-order valence-corrected chi connectivity index (χ4v) is 2.57. The van der Waals surface area contributed by atoms with Crippen LogP contribution in [0, 0.1) is 5.92 Å². The summed E-state index contributed by atoms with van der Waals surface area (Å²) in [5.41, 5.74) is 0.240. The number of hydrogen-bond acceptors (Lipinski definition) is 6. The minimum Gasteiger partial charge on any atom is -0.339 e. The van der Waals surface area contributed by atoms with Crippen LogP contribution in [-0.2, 0) is 13.0 Å². The lowest BCUT2D eigenvalue weighted by atomic mass is 10.1. The standard InChI is InChI=1S/C19H21N5O3/c1-12(2)9-16-21-15(23-27-16)11-24(3)19(26)14-10-20-17(22-18(14)25)13-7-5-4-6-8-13/h4-8,10,12H,9,11H2,1-3H3,(H,20,22,25). The fraction of sp³-hybridized carbons (Fsp3) is 0.316. The van der Waals surface area contributed by atoms with Crippen molar-refractivity contribution < 1.29 is 9.32 Å². The van der Waals surface area contributed by atoms with E-state index in [1.54, 1.807) is 7.05 Å². The Bertz CT molecular complexity index is 978. The molecule has 3 rings (SSSR count). The molecule has 0 bridgehead atoms. The van der Waals surface area contributed by atoms with Gasteiger partial charge in [0.2, 0.25) is 5.89 Å². The molecule has 27 heavy (non-hydrogen) atoms. The number of carbonyl (C=O) groups is 1. The Labute approximate surface area is 156 Å². The third kappa shape index (κ3) is 4.46. The third-order valence-electron chi connectivity index (χ3n) is 3.90. The van der Waals surface area contributed by atoms with Crippen LogP contribution in [0.15, 0.2) is 45.8 Å². The van der Waals surface area contributed by atoms with Gasteiger partial charge >= 0.3 is 0 Å². The Morgan fingerprint density at radius 2 is 2.00 bits per heavy atom. The van der Waals surface area contributed by atoms with E-state index in [1.165, 1.54) is 11.1 Å². The maximum atomic E-state index is 12.6. The highest BCUT2D eigenvalue weighted by Crippen LogP contribution is 2.12. The third-order valence-corrected chi connectivity index (χ3v) is 3.90. The zero-order valence-electron chi connectivity index (χ0n) is 15.5.